The standard InChI is InChI=1S/C22H17N3O3S/c1-13-24-18(12-29-13)14-6-7-21-19(8-14)25(22(27)11-28-21)10-20(26)16-9-23-17-5-3-2-4-15(16)17/h2-9,12,23H,10-11H2,1H3. The first-order valence-corrected chi connectivity index (χ1v) is 10.1. The first-order valence-electron chi connectivity index (χ1n) is 9.19. The number of ether oxygens (including phenoxy) is 1. The van der Waals surface area contributed by atoms with Gasteiger partial charge in [-0.2, -0.15) is 0 Å². The third-order valence-corrected chi connectivity index (χ3v) is 5.78. The summed E-state index contributed by atoms with van der Waals surface area (Å²) < 4.78 is 5.58. The fourth-order valence-corrected chi connectivity index (χ4v) is 4.18. The van der Waals surface area contributed by atoms with Gasteiger partial charge < -0.3 is 9.72 Å². The number of thiazole rings is 1. The molecular formula is C22H17N3O3S. The molecule has 0 radical (unpaired) electrons. The Bertz CT molecular complexity index is 1260. The van der Waals surface area contributed by atoms with Crippen molar-refractivity contribution in [2.45, 2.75) is 6.92 Å². The number of Topliss-reactive ketones (excluding diaryl/α,β-unsaturated/α-hetero) is 1. The van der Waals surface area contributed by atoms with Crippen LogP contribution in [0, 0.1) is 6.92 Å². The van der Waals surface area contributed by atoms with Gasteiger partial charge in [0.25, 0.3) is 5.91 Å². The number of para-hydroxylation sites is 1. The van der Waals surface area contributed by atoms with Crippen LogP contribution in [0.5, 0.6) is 5.75 Å². The van der Waals surface area contributed by atoms with E-state index in [2.05, 4.69) is 9.97 Å². The highest BCUT2D eigenvalue weighted by Crippen LogP contribution is 2.36. The molecular weight excluding hydrogens is 386 g/mol. The summed E-state index contributed by atoms with van der Waals surface area (Å²) in [5.74, 6) is 0.225. The van der Waals surface area contributed by atoms with Crippen LogP contribution in [0.1, 0.15) is 15.4 Å². The van der Waals surface area contributed by atoms with Crippen molar-refractivity contribution in [3.05, 3.63) is 64.6 Å². The molecule has 1 aliphatic rings. The van der Waals surface area contributed by atoms with Crippen molar-refractivity contribution in [1.82, 2.24) is 9.97 Å². The Morgan fingerprint density at radius 3 is 2.97 bits per heavy atom. The second kappa shape index (κ2) is 6.86. The molecule has 2 aromatic heterocycles. The van der Waals surface area contributed by atoms with E-state index in [1.807, 2.05) is 54.8 Å². The number of hydrogen-bond donors (Lipinski definition) is 1. The number of aryl methyl sites for hydroxylation is 1. The summed E-state index contributed by atoms with van der Waals surface area (Å²) >= 11 is 1.57. The van der Waals surface area contributed by atoms with Crippen LogP contribution in [0.4, 0.5) is 5.69 Å². The van der Waals surface area contributed by atoms with Crippen LogP contribution in [-0.2, 0) is 4.79 Å². The second-order valence-electron chi connectivity index (χ2n) is 6.87. The lowest BCUT2D eigenvalue weighted by Crippen LogP contribution is -2.42. The highest BCUT2D eigenvalue weighted by molar-refractivity contribution is 7.09. The largest absolute Gasteiger partial charge is 0.482 e. The molecule has 1 amide bonds. The third kappa shape index (κ3) is 3.09. The minimum atomic E-state index is -0.239. The van der Waals surface area contributed by atoms with Crippen molar-refractivity contribution < 1.29 is 14.3 Å². The predicted octanol–water partition coefficient (Wildman–Crippen LogP) is 4.21. The van der Waals surface area contributed by atoms with E-state index < -0.39 is 0 Å². The number of rotatable bonds is 4. The molecule has 0 bridgehead atoms. The number of aromatic nitrogens is 2. The van der Waals surface area contributed by atoms with E-state index >= 15 is 0 Å². The van der Waals surface area contributed by atoms with Crippen molar-refractivity contribution in [3.8, 4) is 17.0 Å². The van der Waals surface area contributed by atoms with Gasteiger partial charge in [0, 0.05) is 33.6 Å². The quantitative estimate of drug-likeness (QED) is 0.518. The summed E-state index contributed by atoms with van der Waals surface area (Å²) in [4.78, 5) is 34.8. The lowest BCUT2D eigenvalue weighted by atomic mass is 10.1. The van der Waals surface area contributed by atoms with Crippen LogP contribution in [0.3, 0.4) is 0 Å². The zero-order valence-electron chi connectivity index (χ0n) is 15.6. The molecule has 0 spiro atoms. The maximum atomic E-state index is 13.0. The van der Waals surface area contributed by atoms with Gasteiger partial charge in [-0.15, -0.1) is 11.3 Å². The normalized spacial score (nSPS) is 13.4. The number of H-pyrrole nitrogens is 1. The Hall–Kier alpha value is -3.45. The molecule has 2 aromatic carbocycles. The average Bonchev–Trinajstić information content (AvgIpc) is 3.36. The van der Waals surface area contributed by atoms with Crippen LogP contribution < -0.4 is 9.64 Å². The predicted molar refractivity (Wildman–Crippen MR) is 113 cm³/mol. The van der Waals surface area contributed by atoms with E-state index in [1.165, 1.54) is 4.90 Å². The molecule has 5 rings (SSSR count). The van der Waals surface area contributed by atoms with Gasteiger partial charge in [-0.25, -0.2) is 4.98 Å². The molecule has 4 aromatic rings. The number of fused-ring (bicyclic) bond motifs is 2. The summed E-state index contributed by atoms with van der Waals surface area (Å²) in [6.45, 7) is 1.82. The van der Waals surface area contributed by atoms with E-state index in [1.54, 1.807) is 17.5 Å². The molecule has 0 saturated carbocycles. The number of nitrogens with zero attached hydrogens (tertiary/aromatic N) is 2. The summed E-state index contributed by atoms with van der Waals surface area (Å²) in [6.07, 6.45) is 1.70. The van der Waals surface area contributed by atoms with Crippen LogP contribution in [0.25, 0.3) is 22.2 Å². The number of carbonyl (C=O) groups is 2. The SMILES string of the molecule is Cc1nc(-c2ccc3c(c2)N(CC(=O)c2c[nH]c4ccccc24)C(=O)CO3)cs1. The Morgan fingerprint density at radius 1 is 1.28 bits per heavy atom. The number of ketones is 1. The van der Waals surface area contributed by atoms with Crippen molar-refractivity contribution in [2.75, 3.05) is 18.1 Å². The molecule has 7 heteroatoms. The topological polar surface area (TPSA) is 75.3 Å². The minimum absolute atomic E-state index is 0.0451. The highest BCUT2D eigenvalue weighted by Gasteiger charge is 2.29. The average molecular weight is 403 g/mol. The summed E-state index contributed by atoms with van der Waals surface area (Å²) in [5, 5.41) is 3.80. The van der Waals surface area contributed by atoms with Gasteiger partial charge in [0.05, 0.1) is 22.9 Å². The van der Waals surface area contributed by atoms with Gasteiger partial charge in [0.15, 0.2) is 12.4 Å². The molecule has 1 N–H and O–H groups in total. The van der Waals surface area contributed by atoms with E-state index in [0.29, 0.717) is 17.0 Å². The summed E-state index contributed by atoms with van der Waals surface area (Å²) in [7, 11) is 0. The smallest absolute Gasteiger partial charge is 0.265 e. The number of nitrogens with one attached hydrogen (secondary N) is 1. The number of anilines is 1. The molecule has 0 unspecified atom stereocenters. The lowest BCUT2D eigenvalue weighted by Gasteiger charge is -2.29. The zero-order valence-corrected chi connectivity index (χ0v) is 16.5. The molecule has 0 fully saturated rings. The first-order chi connectivity index (χ1) is 14.1. The van der Waals surface area contributed by atoms with E-state index in [9.17, 15) is 9.59 Å². The molecule has 0 atom stereocenters. The Kier molecular flexibility index (Phi) is 4.17. The summed E-state index contributed by atoms with van der Waals surface area (Å²) in [5.41, 5.74) is 3.79. The number of amides is 1. The van der Waals surface area contributed by atoms with Crippen LogP contribution in [0.2, 0.25) is 0 Å². The Morgan fingerprint density at radius 2 is 2.14 bits per heavy atom. The van der Waals surface area contributed by atoms with Crippen molar-refractivity contribution >= 4 is 39.6 Å². The first kappa shape index (κ1) is 17.6. The number of carbonyl (C=O) groups excluding carboxylic acids is 2. The van der Waals surface area contributed by atoms with E-state index in [4.69, 9.17) is 4.74 Å². The number of benzene rings is 2. The molecule has 0 aliphatic carbocycles. The molecule has 144 valence electrons. The molecule has 1 aliphatic heterocycles. The van der Waals surface area contributed by atoms with Crippen LogP contribution in [0.15, 0.2) is 54.0 Å². The fourth-order valence-electron chi connectivity index (χ4n) is 3.56. The lowest BCUT2D eigenvalue weighted by molar-refractivity contribution is -0.121. The third-order valence-electron chi connectivity index (χ3n) is 5.01. The Balaban J connectivity index is 1.50. The monoisotopic (exact) mass is 403 g/mol. The van der Waals surface area contributed by atoms with Crippen molar-refractivity contribution in [2.24, 2.45) is 0 Å². The van der Waals surface area contributed by atoms with Gasteiger partial charge >= 0.3 is 0 Å². The number of hydrogen-bond acceptors (Lipinski definition) is 5. The molecule has 29 heavy (non-hydrogen) atoms. The van der Waals surface area contributed by atoms with Gasteiger partial charge in [-0.05, 0) is 31.2 Å². The Labute approximate surface area is 170 Å². The van der Waals surface area contributed by atoms with Crippen molar-refractivity contribution in [3.63, 3.8) is 0 Å². The minimum Gasteiger partial charge on any atom is -0.482 e. The maximum Gasteiger partial charge on any atom is 0.265 e. The summed E-state index contributed by atoms with van der Waals surface area (Å²) in [6, 6.07) is 13.2. The molecule has 3 heterocycles. The van der Waals surface area contributed by atoms with Crippen molar-refractivity contribution in [1.29, 1.82) is 0 Å². The number of aromatic amines is 1. The maximum absolute atomic E-state index is 13.0. The van der Waals surface area contributed by atoms with Crippen LogP contribution in [-0.4, -0.2) is 34.8 Å². The van der Waals surface area contributed by atoms with Crippen LogP contribution >= 0.6 is 11.3 Å². The fraction of sp³-hybridized carbons (Fsp3) is 0.136. The van der Waals surface area contributed by atoms with E-state index in [-0.39, 0.29) is 24.8 Å². The van der Waals surface area contributed by atoms with E-state index in [0.717, 1.165) is 27.2 Å². The zero-order chi connectivity index (χ0) is 20.0. The van der Waals surface area contributed by atoms with Gasteiger partial charge in [0.1, 0.15) is 5.75 Å². The molecule has 0 saturated heterocycles. The highest BCUT2D eigenvalue weighted by atomic mass is 32.1. The van der Waals surface area contributed by atoms with Gasteiger partial charge in [-0.1, -0.05) is 18.2 Å². The second-order valence-corrected chi connectivity index (χ2v) is 7.94. The van der Waals surface area contributed by atoms with Gasteiger partial charge in [0.2, 0.25) is 0 Å². The molecule has 6 nitrogen and oxygen atoms in total. The van der Waals surface area contributed by atoms with Gasteiger partial charge in [-0.3, -0.25) is 14.5 Å².